The lowest BCUT2D eigenvalue weighted by molar-refractivity contribution is 0.112. The third kappa shape index (κ3) is 12.8. The molecule has 11 nitrogen and oxygen atoms in total. The second-order valence-electron chi connectivity index (χ2n) is 11.0. The Hall–Kier alpha value is -6.63. The number of carbonyl (C=O) groups is 1. The fourth-order valence-corrected chi connectivity index (χ4v) is 5.90. The molecule has 0 atom stereocenters. The molecule has 4 aromatic carbocycles. The van der Waals surface area contributed by atoms with Crippen molar-refractivity contribution in [1.82, 2.24) is 24.9 Å². The summed E-state index contributed by atoms with van der Waals surface area (Å²) in [7, 11) is 0. The lowest BCUT2D eigenvalue weighted by Crippen LogP contribution is -1.99. The highest BCUT2D eigenvalue weighted by molar-refractivity contribution is 7.98. The van der Waals surface area contributed by atoms with Crippen molar-refractivity contribution in [2.45, 2.75) is 21.8 Å². The van der Waals surface area contributed by atoms with Gasteiger partial charge in [-0.25, -0.2) is 40.3 Å². The standard InChI is InChI=1S/C20H15FN4OS.C12H11N3OS.C8H6FNO/c21-15-6-8-16(9-7-15)26-17-10-14-11-23-20(25-19(14)24-18(17)22)27-12-13-4-2-1-3-5-13;13-11-10(7-16)6-14-12(15-11)17-8-9-4-2-1-3-5-9;1-10-6-11-8-4-2-7(9)3-5-8/h1-11H,12H2,(H2,22,23,24,25);1-7H,8H2,(H2,13,14,15);2-5H,6H2. The summed E-state index contributed by atoms with van der Waals surface area (Å²) >= 11 is 3.02. The molecule has 0 saturated heterocycles. The number of rotatable bonds is 11. The van der Waals surface area contributed by atoms with Crippen LogP contribution in [0.25, 0.3) is 15.9 Å². The maximum Gasteiger partial charge on any atom is 0.357 e. The number of carbonyl (C=O) groups excluding carboxylic acids is 1. The van der Waals surface area contributed by atoms with Gasteiger partial charge in [-0.05, 0) is 65.7 Å². The number of halogens is 2. The number of benzene rings is 4. The van der Waals surface area contributed by atoms with Crippen LogP contribution >= 0.6 is 23.5 Å². The number of thioether (sulfide) groups is 2. The van der Waals surface area contributed by atoms with Crippen molar-refractivity contribution in [2.24, 2.45) is 0 Å². The Morgan fingerprint density at radius 3 is 1.78 bits per heavy atom. The van der Waals surface area contributed by atoms with E-state index in [-0.39, 0.29) is 30.0 Å². The Kier molecular flexibility index (Phi) is 14.8. The maximum atomic E-state index is 13.0. The summed E-state index contributed by atoms with van der Waals surface area (Å²) in [6, 6.07) is 33.1. The summed E-state index contributed by atoms with van der Waals surface area (Å²) in [4.78, 5) is 34.8. The molecule has 0 aliphatic heterocycles. The van der Waals surface area contributed by atoms with Gasteiger partial charge in [0.1, 0.15) is 29.0 Å². The molecule has 55 heavy (non-hydrogen) atoms. The first-order valence-corrected chi connectivity index (χ1v) is 18.3. The smallest absolute Gasteiger partial charge is 0.357 e. The van der Waals surface area contributed by atoms with Crippen molar-refractivity contribution in [3.63, 3.8) is 0 Å². The number of aldehydes is 1. The number of fused-ring (bicyclic) bond motifs is 1. The van der Waals surface area contributed by atoms with E-state index in [1.54, 1.807) is 12.3 Å². The molecule has 3 heterocycles. The van der Waals surface area contributed by atoms with Crippen LogP contribution in [0, 0.1) is 18.2 Å². The predicted molar refractivity (Wildman–Crippen MR) is 211 cm³/mol. The van der Waals surface area contributed by atoms with Gasteiger partial charge in [0, 0.05) is 29.3 Å². The molecule has 276 valence electrons. The molecular weight excluding hydrogens is 743 g/mol. The van der Waals surface area contributed by atoms with Crippen LogP contribution in [0.3, 0.4) is 0 Å². The minimum atomic E-state index is -0.333. The number of ether oxygens (including phenoxy) is 2. The average molecular weight is 775 g/mol. The van der Waals surface area contributed by atoms with Crippen molar-refractivity contribution in [3.8, 4) is 17.2 Å². The topological polar surface area (TPSA) is 156 Å². The molecule has 0 spiro atoms. The minimum Gasteiger partial charge on any atom is -0.453 e. The molecule has 0 fully saturated rings. The van der Waals surface area contributed by atoms with Gasteiger partial charge in [0.15, 0.2) is 33.8 Å². The summed E-state index contributed by atoms with van der Waals surface area (Å²) in [5, 5.41) is 1.92. The first kappa shape index (κ1) is 39.6. The van der Waals surface area contributed by atoms with Crippen molar-refractivity contribution < 1.29 is 23.0 Å². The maximum absolute atomic E-state index is 13.0. The Morgan fingerprint density at radius 2 is 1.24 bits per heavy atom. The number of nitrogens with zero attached hydrogens (tertiary/aromatic N) is 6. The van der Waals surface area contributed by atoms with Crippen molar-refractivity contribution in [3.05, 3.63) is 167 Å². The number of nitrogen functional groups attached to an aromatic ring is 2. The summed E-state index contributed by atoms with van der Waals surface area (Å²) in [6.07, 6.45) is 3.79. The molecule has 0 saturated carbocycles. The van der Waals surface area contributed by atoms with E-state index in [9.17, 15) is 13.6 Å². The van der Waals surface area contributed by atoms with Gasteiger partial charge in [-0.1, -0.05) is 84.2 Å². The normalized spacial score (nSPS) is 10.2. The van der Waals surface area contributed by atoms with E-state index >= 15 is 0 Å². The average Bonchev–Trinajstić information content (AvgIpc) is 3.21. The first-order chi connectivity index (χ1) is 26.8. The van der Waals surface area contributed by atoms with Gasteiger partial charge in [-0.15, -0.1) is 0 Å². The zero-order valence-electron chi connectivity index (χ0n) is 29.0. The van der Waals surface area contributed by atoms with Crippen LogP contribution in [-0.2, 0) is 11.5 Å². The lowest BCUT2D eigenvalue weighted by Gasteiger charge is -2.09. The second-order valence-corrected chi connectivity index (χ2v) is 12.9. The minimum absolute atomic E-state index is 0.0222. The molecule has 15 heteroatoms. The molecule has 0 bridgehead atoms. The molecule has 3 aromatic heterocycles. The van der Waals surface area contributed by atoms with Crippen molar-refractivity contribution in [1.29, 1.82) is 0 Å². The molecular formula is C40H32F2N8O3S2. The van der Waals surface area contributed by atoms with Crippen LogP contribution in [-0.4, -0.2) is 37.9 Å². The van der Waals surface area contributed by atoms with Gasteiger partial charge in [0.2, 0.25) is 0 Å². The molecule has 0 amide bonds. The van der Waals surface area contributed by atoms with E-state index in [4.69, 9.17) is 27.5 Å². The van der Waals surface area contributed by atoms with Crippen LogP contribution in [0.2, 0.25) is 0 Å². The molecule has 0 radical (unpaired) electrons. The Balaban J connectivity index is 0.000000177. The summed E-state index contributed by atoms with van der Waals surface area (Å²) in [6.45, 7) is 6.40. The monoisotopic (exact) mass is 774 g/mol. The third-order valence-corrected chi connectivity index (χ3v) is 8.93. The quantitative estimate of drug-likeness (QED) is 0.0557. The van der Waals surface area contributed by atoms with E-state index < -0.39 is 0 Å². The van der Waals surface area contributed by atoms with Gasteiger partial charge in [0.05, 0.1) is 5.56 Å². The van der Waals surface area contributed by atoms with Crippen LogP contribution in [0.5, 0.6) is 17.2 Å². The van der Waals surface area contributed by atoms with Crippen LogP contribution in [0.1, 0.15) is 21.5 Å². The summed E-state index contributed by atoms with van der Waals surface area (Å²) in [5.41, 5.74) is 14.8. The van der Waals surface area contributed by atoms with Gasteiger partial charge >= 0.3 is 6.73 Å². The molecule has 7 rings (SSSR count). The predicted octanol–water partition coefficient (Wildman–Crippen LogP) is 9.08. The fraction of sp³-hybridized carbons (Fsp3) is 0.0750. The Bertz CT molecular complexity index is 2340. The SMILES string of the molecule is Nc1nc(SCc2ccccc2)ncc1C=O.Nc1nc2nc(SCc3ccccc3)ncc2cc1Oc1ccc(F)cc1.[C-]#[N+]COc1ccc(F)cc1. The van der Waals surface area contributed by atoms with Crippen LogP contribution in [0.4, 0.5) is 20.4 Å². The van der Waals surface area contributed by atoms with Gasteiger partial charge < -0.3 is 20.9 Å². The van der Waals surface area contributed by atoms with Gasteiger partial charge in [-0.3, -0.25) is 9.64 Å². The third-order valence-electron chi connectivity index (χ3n) is 7.06. The summed E-state index contributed by atoms with van der Waals surface area (Å²) in [5.74, 6) is 2.72. The lowest BCUT2D eigenvalue weighted by atomic mass is 10.2. The molecule has 7 aromatic rings. The molecule has 4 N–H and O–H groups in total. The number of aromatic nitrogens is 5. The van der Waals surface area contributed by atoms with Crippen molar-refractivity contribution >= 4 is 52.5 Å². The Labute approximate surface area is 324 Å². The molecule has 0 aliphatic rings. The van der Waals surface area contributed by atoms with E-state index in [1.165, 1.54) is 89.4 Å². The van der Waals surface area contributed by atoms with E-state index in [0.29, 0.717) is 50.4 Å². The van der Waals surface area contributed by atoms with E-state index in [1.807, 2.05) is 48.5 Å². The molecule has 0 aliphatic carbocycles. The number of anilines is 2. The number of hydrogen-bond donors (Lipinski definition) is 2. The van der Waals surface area contributed by atoms with Crippen LogP contribution in [0.15, 0.2) is 138 Å². The van der Waals surface area contributed by atoms with E-state index in [0.717, 1.165) is 11.5 Å². The Morgan fingerprint density at radius 1 is 0.691 bits per heavy atom. The van der Waals surface area contributed by atoms with Gasteiger partial charge in [0.25, 0.3) is 0 Å². The fourth-order valence-electron chi connectivity index (χ4n) is 4.35. The highest BCUT2D eigenvalue weighted by Gasteiger charge is 2.10. The first-order valence-electron chi connectivity index (χ1n) is 16.3. The second kappa shape index (κ2) is 20.6. The number of nitrogens with two attached hydrogens (primary N) is 2. The van der Waals surface area contributed by atoms with Crippen LogP contribution < -0.4 is 20.9 Å². The zero-order chi connectivity index (χ0) is 38.8. The highest BCUT2D eigenvalue weighted by Crippen LogP contribution is 2.30. The zero-order valence-corrected chi connectivity index (χ0v) is 30.6. The van der Waals surface area contributed by atoms with E-state index in [2.05, 4.69) is 41.9 Å². The largest absolute Gasteiger partial charge is 0.453 e. The summed E-state index contributed by atoms with van der Waals surface area (Å²) < 4.78 is 35.9. The number of pyridine rings is 1. The van der Waals surface area contributed by atoms with Crippen molar-refractivity contribution in [2.75, 3.05) is 18.2 Å². The highest BCUT2D eigenvalue weighted by atomic mass is 32.2. The molecule has 0 unspecified atom stereocenters. The van der Waals surface area contributed by atoms with Gasteiger partial charge in [-0.2, -0.15) is 0 Å². The number of hydrogen-bond acceptors (Lipinski definition) is 12.